The van der Waals surface area contributed by atoms with Crippen LogP contribution < -0.4 is 20.7 Å². The van der Waals surface area contributed by atoms with Gasteiger partial charge in [0.25, 0.3) is 0 Å². The Bertz CT molecular complexity index is 1370. The number of carboxylic acid groups (broad SMARTS) is 1. The fourth-order valence-electron chi connectivity index (χ4n) is 5.35. The lowest BCUT2D eigenvalue weighted by Gasteiger charge is -2.39. The zero-order valence-corrected chi connectivity index (χ0v) is 21.1. The summed E-state index contributed by atoms with van der Waals surface area (Å²) < 4.78 is 74.7. The minimum Gasteiger partial charge on any atom is -0.480 e. The molecule has 0 saturated carbocycles. The molecule has 212 valence electrons. The van der Waals surface area contributed by atoms with Crippen molar-refractivity contribution in [3.63, 3.8) is 0 Å². The molecule has 1 aromatic heterocycles. The van der Waals surface area contributed by atoms with Gasteiger partial charge in [-0.05, 0) is 47.9 Å². The number of rotatable bonds is 6. The molecule has 1 spiro atoms. The first-order chi connectivity index (χ1) is 18.9. The zero-order chi connectivity index (χ0) is 28.7. The largest absolute Gasteiger partial charge is 0.480 e. The normalized spacial score (nSPS) is 19.5. The standard InChI is InChI=1S/C27H26F5N5O3/c28-18-9-17(10-19(29)11-18)15-1-3-16(4-2-15)23(27(30,31)32)40-22-12-21(35-25(33)36-22)37-7-5-26(6-8-37)13-20(24(38)39)34-14-26/h1-4,9-12,20,23,34H,5-8,13-14H2,(H,38,39)(H2,33,35,36)/t20-,23+/m0/s1. The van der Waals surface area contributed by atoms with Crippen LogP contribution in [-0.4, -0.2) is 52.9 Å². The first-order valence-corrected chi connectivity index (χ1v) is 12.6. The highest BCUT2D eigenvalue weighted by Gasteiger charge is 2.45. The maximum absolute atomic E-state index is 14.1. The minimum absolute atomic E-state index is 0.164. The monoisotopic (exact) mass is 563 g/mol. The number of nitrogens with one attached hydrogen (secondary N) is 1. The summed E-state index contributed by atoms with van der Waals surface area (Å²) in [6, 6.07) is 8.56. The number of ether oxygens (including phenoxy) is 1. The van der Waals surface area contributed by atoms with Gasteiger partial charge in [0.15, 0.2) is 0 Å². The SMILES string of the molecule is Nc1nc(O[C@H](c2ccc(-c3cc(F)cc(F)c3)cc2)C(F)(F)F)cc(N2CCC3(CC2)CN[C@H](C(=O)O)C3)n1. The molecule has 2 saturated heterocycles. The van der Waals surface area contributed by atoms with Gasteiger partial charge in [0.2, 0.25) is 17.9 Å². The minimum atomic E-state index is -4.82. The number of nitrogens with two attached hydrogens (primary N) is 1. The van der Waals surface area contributed by atoms with Gasteiger partial charge in [0.05, 0.1) is 0 Å². The number of hydrogen-bond donors (Lipinski definition) is 3. The molecule has 0 unspecified atom stereocenters. The quantitative estimate of drug-likeness (QED) is 0.370. The molecule has 0 amide bonds. The summed E-state index contributed by atoms with van der Waals surface area (Å²) in [7, 11) is 0. The molecule has 0 aliphatic carbocycles. The highest BCUT2D eigenvalue weighted by atomic mass is 19.4. The van der Waals surface area contributed by atoms with Crippen LogP contribution in [0.2, 0.25) is 0 Å². The molecular weight excluding hydrogens is 537 g/mol. The molecule has 13 heteroatoms. The Hall–Kier alpha value is -4.00. The fourth-order valence-corrected chi connectivity index (χ4v) is 5.35. The van der Waals surface area contributed by atoms with Crippen LogP contribution in [0.15, 0.2) is 48.5 Å². The smallest absolute Gasteiger partial charge is 0.429 e. The predicted octanol–water partition coefficient (Wildman–Crippen LogP) is 4.72. The van der Waals surface area contributed by atoms with Gasteiger partial charge in [-0.2, -0.15) is 23.1 Å². The summed E-state index contributed by atoms with van der Waals surface area (Å²) in [5.74, 6) is -2.81. The lowest BCUT2D eigenvalue weighted by Crippen LogP contribution is -2.41. The van der Waals surface area contributed by atoms with Crippen LogP contribution in [0.4, 0.5) is 33.7 Å². The summed E-state index contributed by atoms with van der Waals surface area (Å²) in [6.07, 6.45) is -5.35. The number of aromatic nitrogens is 2. The van der Waals surface area contributed by atoms with E-state index in [1.54, 1.807) is 0 Å². The lowest BCUT2D eigenvalue weighted by atomic mass is 9.76. The number of carbonyl (C=O) groups is 1. The summed E-state index contributed by atoms with van der Waals surface area (Å²) in [4.78, 5) is 21.2. The van der Waals surface area contributed by atoms with Crippen LogP contribution in [0.5, 0.6) is 5.88 Å². The molecule has 3 aromatic rings. The Kier molecular flexibility index (Phi) is 7.25. The van der Waals surface area contributed by atoms with E-state index in [0.29, 0.717) is 56.3 Å². The van der Waals surface area contributed by atoms with E-state index >= 15 is 0 Å². The van der Waals surface area contributed by atoms with E-state index in [1.807, 2.05) is 4.90 Å². The molecule has 4 N–H and O–H groups in total. The number of halogens is 5. The van der Waals surface area contributed by atoms with Crippen LogP contribution in [0.3, 0.4) is 0 Å². The van der Waals surface area contributed by atoms with Crippen molar-refractivity contribution in [3.05, 3.63) is 65.7 Å². The van der Waals surface area contributed by atoms with Crippen LogP contribution >= 0.6 is 0 Å². The second-order valence-electron chi connectivity index (χ2n) is 10.2. The van der Waals surface area contributed by atoms with Crippen molar-refractivity contribution in [2.24, 2.45) is 5.41 Å². The van der Waals surface area contributed by atoms with Gasteiger partial charge in [-0.15, -0.1) is 0 Å². The maximum Gasteiger partial charge on any atom is 0.429 e. The van der Waals surface area contributed by atoms with Gasteiger partial charge >= 0.3 is 12.1 Å². The Morgan fingerprint density at radius 1 is 1.05 bits per heavy atom. The highest BCUT2D eigenvalue weighted by molar-refractivity contribution is 5.74. The van der Waals surface area contributed by atoms with E-state index in [4.69, 9.17) is 10.5 Å². The van der Waals surface area contributed by atoms with Gasteiger partial charge in [-0.1, -0.05) is 24.3 Å². The lowest BCUT2D eigenvalue weighted by molar-refractivity contribution is -0.198. The number of benzene rings is 2. The van der Waals surface area contributed by atoms with E-state index in [-0.39, 0.29) is 28.4 Å². The number of alkyl halides is 3. The Labute approximate surface area is 226 Å². The molecule has 40 heavy (non-hydrogen) atoms. The molecule has 0 bridgehead atoms. The maximum atomic E-state index is 14.1. The second-order valence-corrected chi connectivity index (χ2v) is 10.2. The van der Waals surface area contributed by atoms with Gasteiger partial charge in [0.1, 0.15) is 23.5 Å². The average molecular weight is 564 g/mol. The van der Waals surface area contributed by atoms with Crippen molar-refractivity contribution in [1.82, 2.24) is 15.3 Å². The van der Waals surface area contributed by atoms with Crippen molar-refractivity contribution < 1.29 is 36.6 Å². The number of aliphatic carboxylic acids is 1. The van der Waals surface area contributed by atoms with Crippen LogP contribution in [0.1, 0.15) is 30.9 Å². The third kappa shape index (κ3) is 5.93. The second kappa shape index (κ2) is 10.5. The third-order valence-corrected chi connectivity index (χ3v) is 7.46. The Morgan fingerprint density at radius 3 is 2.27 bits per heavy atom. The highest BCUT2D eigenvalue weighted by Crippen LogP contribution is 2.41. The topological polar surface area (TPSA) is 114 Å². The number of piperidine rings is 1. The fraction of sp³-hybridized carbons (Fsp3) is 0.370. The molecule has 3 heterocycles. The van der Waals surface area contributed by atoms with Crippen LogP contribution in [-0.2, 0) is 4.79 Å². The molecule has 2 fully saturated rings. The third-order valence-electron chi connectivity index (χ3n) is 7.46. The van der Waals surface area contributed by atoms with E-state index in [1.165, 1.54) is 30.3 Å². The molecular formula is C27H26F5N5O3. The number of nitrogen functional groups attached to an aromatic ring is 1. The molecule has 2 aliphatic heterocycles. The molecule has 0 radical (unpaired) electrons. The summed E-state index contributed by atoms with van der Waals surface area (Å²) in [6.45, 7) is 1.60. The Balaban J connectivity index is 1.33. The number of anilines is 2. The molecule has 8 nitrogen and oxygen atoms in total. The first-order valence-electron chi connectivity index (χ1n) is 12.6. The summed E-state index contributed by atoms with van der Waals surface area (Å²) in [5.41, 5.74) is 5.92. The van der Waals surface area contributed by atoms with Crippen LogP contribution in [0.25, 0.3) is 11.1 Å². The summed E-state index contributed by atoms with van der Waals surface area (Å²) in [5, 5.41) is 12.3. The summed E-state index contributed by atoms with van der Waals surface area (Å²) >= 11 is 0. The number of nitrogens with zero attached hydrogens (tertiary/aromatic N) is 3. The van der Waals surface area contributed by atoms with Crippen molar-refractivity contribution >= 4 is 17.7 Å². The molecule has 2 atom stereocenters. The van der Waals surface area contributed by atoms with E-state index in [9.17, 15) is 31.9 Å². The van der Waals surface area contributed by atoms with E-state index in [0.717, 1.165) is 12.1 Å². The molecule has 2 aromatic carbocycles. The zero-order valence-electron chi connectivity index (χ0n) is 21.1. The van der Waals surface area contributed by atoms with Gasteiger partial charge in [0, 0.05) is 37.3 Å². The van der Waals surface area contributed by atoms with Gasteiger partial charge in [-0.25, -0.2) is 8.78 Å². The van der Waals surface area contributed by atoms with E-state index < -0.39 is 35.9 Å². The Morgan fingerprint density at radius 2 is 1.70 bits per heavy atom. The number of hydrogen-bond acceptors (Lipinski definition) is 7. The van der Waals surface area contributed by atoms with Crippen molar-refractivity contribution in [2.45, 2.75) is 37.6 Å². The van der Waals surface area contributed by atoms with Crippen molar-refractivity contribution in [3.8, 4) is 17.0 Å². The first kappa shape index (κ1) is 27.6. The molecule has 5 rings (SSSR count). The van der Waals surface area contributed by atoms with Gasteiger partial charge in [-0.3, -0.25) is 4.79 Å². The predicted molar refractivity (Wildman–Crippen MR) is 136 cm³/mol. The number of carboxylic acids is 1. The average Bonchev–Trinajstić information content (AvgIpc) is 3.30. The van der Waals surface area contributed by atoms with Crippen molar-refractivity contribution in [1.29, 1.82) is 0 Å². The van der Waals surface area contributed by atoms with Crippen molar-refractivity contribution in [2.75, 3.05) is 30.3 Å². The van der Waals surface area contributed by atoms with E-state index in [2.05, 4.69) is 15.3 Å². The molecule has 2 aliphatic rings. The van der Waals surface area contributed by atoms with Crippen LogP contribution in [0, 0.1) is 17.0 Å². The van der Waals surface area contributed by atoms with Gasteiger partial charge < -0.3 is 25.8 Å².